The van der Waals surface area contributed by atoms with E-state index in [9.17, 15) is 4.79 Å². The van der Waals surface area contributed by atoms with Crippen molar-refractivity contribution in [3.05, 3.63) is 59.1 Å². The number of hydrogen-bond donors (Lipinski definition) is 1. The fourth-order valence-corrected chi connectivity index (χ4v) is 3.57. The number of amides is 1. The first kappa shape index (κ1) is 21.9. The van der Waals surface area contributed by atoms with Crippen LogP contribution in [0, 0.1) is 0 Å². The van der Waals surface area contributed by atoms with E-state index in [0.29, 0.717) is 23.3 Å². The Morgan fingerprint density at radius 1 is 1.17 bits per heavy atom. The number of halogens is 1. The van der Waals surface area contributed by atoms with Gasteiger partial charge in [0.25, 0.3) is 5.91 Å². The van der Waals surface area contributed by atoms with Crippen molar-refractivity contribution < 1.29 is 9.53 Å². The average molecular weight is 444 g/mol. The van der Waals surface area contributed by atoms with Crippen molar-refractivity contribution in [3.63, 3.8) is 0 Å². The van der Waals surface area contributed by atoms with Gasteiger partial charge in [0, 0.05) is 17.1 Å². The van der Waals surface area contributed by atoms with Gasteiger partial charge in [0.15, 0.2) is 11.0 Å². The van der Waals surface area contributed by atoms with E-state index in [1.165, 1.54) is 11.8 Å². The van der Waals surface area contributed by atoms with E-state index in [2.05, 4.69) is 20.7 Å². The van der Waals surface area contributed by atoms with Gasteiger partial charge in [0.1, 0.15) is 5.75 Å². The fraction of sp³-hybridized carbons (Fsp3) is 0.238. The lowest BCUT2D eigenvalue weighted by atomic mass is 10.2. The van der Waals surface area contributed by atoms with Gasteiger partial charge >= 0.3 is 0 Å². The van der Waals surface area contributed by atoms with Crippen LogP contribution in [-0.2, 0) is 11.3 Å². The first-order valence-corrected chi connectivity index (χ1v) is 10.8. The van der Waals surface area contributed by atoms with Crippen LogP contribution in [0.2, 0.25) is 5.02 Å². The minimum absolute atomic E-state index is 0.180. The van der Waals surface area contributed by atoms with Crippen LogP contribution in [0.15, 0.2) is 58.8 Å². The minimum atomic E-state index is -0.221. The molecule has 0 bridgehead atoms. The molecule has 0 fully saturated rings. The molecular weight excluding hydrogens is 422 g/mol. The third-order valence-corrected chi connectivity index (χ3v) is 5.28. The van der Waals surface area contributed by atoms with E-state index in [0.717, 1.165) is 22.7 Å². The molecule has 1 heterocycles. The standard InChI is InChI=1S/C21H22ClN5O2S/c1-3-27-20(16-7-9-17(22)10-8-16)25-26-21(27)30-14-19(28)24-23-13-15-5-11-18(12-6-15)29-4-2/h5-13H,3-4,14H2,1-2H3,(H,24,28)/b23-13+. The molecule has 156 valence electrons. The molecule has 0 aliphatic rings. The number of hydrazone groups is 1. The topological polar surface area (TPSA) is 81.4 Å². The molecule has 0 aliphatic heterocycles. The first-order chi connectivity index (χ1) is 14.6. The number of aromatic nitrogens is 3. The van der Waals surface area contributed by atoms with Crippen LogP contribution in [0.5, 0.6) is 5.75 Å². The van der Waals surface area contributed by atoms with Gasteiger partial charge in [-0.05, 0) is 67.9 Å². The van der Waals surface area contributed by atoms with Crippen molar-refractivity contribution >= 4 is 35.5 Å². The minimum Gasteiger partial charge on any atom is -0.494 e. The molecule has 1 N–H and O–H groups in total. The summed E-state index contributed by atoms with van der Waals surface area (Å²) in [6.45, 7) is 5.25. The third-order valence-electron chi connectivity index (χ3n) is 4.06. The Morgan fingerprint density at radius 3 is 2.57 bits per heavy atom. The van der Waals surface area contributed by atoms with E-state index in [1.54, 1.807) is 6.21 Å². The number of ether oxygens (including phenoxy) is 1. The Bertz CT molecular complexity index is 1000. The van der Waals surface area contributed by atoms with Crippen LogP contribution in [-0.4, -0.2) is 39.2 Å². The lowest BCUT2D eigenvalue weighted by Gasteiger charge is -2.07. The number of thioether (sulfide) groups is 1. The van der Waals surface area contributed by atoms with Crippen LogP contribution in [0.4, 0.5) is 0 Å². The Balaban J connectivity index is 1.55. The second-order valence-electron chi connectivity index (χ2n) is 6.14. The Hall–Kier alpha value is -2.84. The zero-order chi connectivity index (χ0) is 21.3. The zero-order valence-corrected chi connectivity index (χ0v) is 18.3. The molecule has 3 aromatic rings. The molecule has 0 aliphatic carbocycles. The van der Waals surface area contributed by atoms with Gasteiger partial charge in [-0.15, -0.1) is 10.2 Å². The summed E-state index contributed by atoms with van der Waals surface area (Å²) in [5.41, 5.74) is 4.32. The number of benzene rings is 2. The van der Waals surface area contributed by atoms with Crippen molar-refractivity contribution in [2.75, 3.05) is 12.4 Å². The van der Waals surface area contributed by atoms with Gasteiger partial charge in [-0.25, -0.2) is 5.43 Å². The summed E-state index contributed by atoms with van der Waals surface area (Å²) in [6.07, 6.45) is 1.59. The van der Waals surface area contributed by atoms with Crippen molar-refractivity contribution in [3.8, 4) is 17.1 Å². The zero-order valence-electron chi connectivity index (χ0n) is 16.7. The smallest absolute Gasteiger partial charge is 0.250 e. The molecule has 0 radical (unpaired) electrons. The molecule has 1 aromatic heterocycles. The molecule has 9 heteroatoms. The SMILES string of the molecule is CCOc1ccc(/C=N/NC(=O)CSc2nnc(-c3ccc(Cl)cc3)n2CC)cc1. The average Bonchev–Trinajstić information content (AvgIpc) is 3.17. The molecule has 0 atom stereocenters. The fourth-order valence-electron chi connectivity index (χ4n) is 2.65. The molecule has 0 unspecified atom stereocenters. The number of nitrogens with zero attached hydrogens (tertiary/aromatic N) is 4. The molecule has 0 saturated heterocycles. The Kier molecular flexibility index (Phi) is 7.87. The van der Waals surface area contributed by atoms with E-state index in [4.69, 9.17) is 16.3 Å². The lowest BCUT2D eigenvalue weighted by molar-refractivity contribution is -0.118. The Labute approximate surface area is 184 Å². The van der Waals surface area contributed by atoms with Crippen LogP contribution in [0.1, 0.15) is 19.4 Å². The normalized spacial score (nSPS) is 11.0. The van der Waals surface area contributed by atoms with Gasteiger partial charge in [0.2, 0.25) is 0 Å². The van der Waals surface area contributed by atoms with E-state index >= 15 is 0 Å². The van der Waals surface area contributed by atoms with Gasteiger partial charge in [-0.3, -0.25) is 4.79 Å². The summed E-state index contributed by atoms with van der Waals surface area (Å²) in [7, 11) is 0. The largest absolute Gasteiger partial charge is 0.494 e. The molecular formula is C21H22ClN5O2S. The number of nitrogens with one attached hydrogen (secondary N) is 1. The molecule has 7 nitrogen and oxygen atoms in total. The van der Waals surface area contributed by atoms with Gasteiger partial charge < -0.3 is 9.30 Å². The number of hydrogen-bond acceptors (Lipinski definition) is 6. The van der Waals surface area contributed by atoms with Crippen molar-refractivity contribution in [2.24, 2.45) is 5.10 Å². The third kappa shape index (κ3) is 5.84. The summed E-state index contributed by atoms with van der Waals surface area (Å²) in [5, 5.41) is 13.8. The number of carbonyl (C=O) groups is 1. The van der Waals surface area contributed by atoms with Crippen LogP contribution < -0.4 is 10.2 Å². The summed E-state index contributed by atoms with van der Waals surface area (Å²) in [4.78, 5) is 12.1. The first-order valence-electron chi connectivity index (χ1n) is 9.47. The van der Waals surface area contributed by atoms with Crippen LogP contribution in [0.3, 0.4) is 0 Å². The van der Waals surface area contributed by atoms with Gasteiger partial charge in [-0.1, -0.05) is 23.4 Å². The maximum absolute atomic E-state index is 12.1. The maximum Gasteiger partial charge on any atom is 0.250 e. The summed E-state index contributed by atoms with van der Waals surface area (Å²) >= 11 is 7.27. The molecule has 30 heavy (non-hydrogen) atoms. The number of rotatable bonds is 9. The highest BCUT2D eigenvalue weighted by Crippen LogP contribution is 2.25. The highest BCUT2D eigenvalue weighted by atomic mass is 35.5. The summed E-state index contributed by atoms with van der Waals surface area (Å²) < 4.78 is 7.36. The van der Waals surface area contributed by atoms with E-state index < -0.39 is 0 Å². The molecule has 0 spiro atoms. The van der Waals surface area contributed by atoms with Crippen LogP contribution >= 0.6 is 23.4 Å². The second-order valence-corrected chi connectivity index (χ2v) is 7.52. The highest BCUT2D eigenvalue weighted by molar-refractivity contribution is 7.99. The van der Waals surface area contributed by atoms with Gasteiger partial charge in [0.05, 0.1) is 18.6 Å². The van der Waals surface area contributed by atoms with E-state index in [-0.39, 0.29) is 11.7 Å². The van der Waals surface area contributed by atoms with E-state index in [1.807, 2.05) is 66.9 Å². The monoisotopic (exact) mass is 443 g/mol. The summed E-state index contributed by atoms with van der Waals surface area (Å²) in [6, 6.07) is 14.9. The Morgan fingerprint density at radius 2 is 1.90 bits per heavy atom. The summed E-state index contributed by atoms with van der Waals surface area (Å²) in [5.74, 6) is 1.50. The lowest BCUT2D eigenvalue weighted by Crippen LogP contribution is -2.20. The molecule has 3 rings (SSSR count). The molecule has 1 amide bonds. The van der Waals surface area contributed by atoms with Crippen molar-refractivity contribution in [2.45, 2.75) is 25.5 Å². The predicted molar refractivity (Wildman–Crippen MR) is 120 cm³/mol. The molecule has 0 saturated carbocycles. The predicted octanol–water partition coefficient (Wildman–Crippen LogP) is 4.26. The number of carbonyl (C=O) groups excluding carboxylic acids is 1. The van der Waals surface area contributed by atoms with Gasteiger partial charge in [-0.2, -0.15) is 5.10 Å². The second kappa shape index (κ2) is 10.8. The molecule has 2 aromatic carbocycles. The quantitative estimate of drug-likeness (QED) is 0.303. The van der Waals surface area contributed by atoms with Crippen molar-refractivity contribution in [1.82, 2.24) is 20.2 Å². The van der Waals surface area contributed by atoms with Crippen molar-refractivity contribution in [1.29, 1.82) is 0 Å². The van der Waals surface area contributed by atoms with Crippen LogP contribution in [0.25, 0.3) is 11.4 Å². The maximum atomic E-state index is 12.1. The highest BCUT2D eigenvalue weighted by Gasteiger charge is 2.14.